The summed E-state index contributed by atoms with van der Waals surface area (Å²) in [4.78, 5) is 18.8. The summed E-state index contributed by atoms with van der Waals surface area (Å²) in [5.74, 6) is 0.989. The van der Waals surface area contributed by atoms with Crippen molar-refractivity contribution in [1.29, 1.82) is 0 Å². The van der Waals surface area contributed by atoms with E-state index in [0.29, 0.717) is 25.0 Å². The van der Waals surface area contributed by atoms with E-state index in [1.807, 2.05) is 11.6 Å². The van der Waals surface area contributed by atoms with E-state index in [9.17, 15) is 4.79 Å². The van der Waals surface area contributed by atoms with Gasteiger partial charge in [-0.25, -0.2) is 0 Å². The molecule has 2 heterocycles. The Morgan fingerprint density at radius 1 is 1.43 bits per heavy atom. The quantitative estimate of drug-likeness (QED) is 0.745. The zero-order valence-electron chi connectivity index (χ0n) is 15.1. The van der Waals surface area contributed by atoms with Crippen LogP contribution in [-0.2, 0) is 11.3 Å². The summed E-state index contributed by atoms with van der Waals surface area (Å²) in [7, 11) is 6.11. The van der Waals surface area contributed by atoms with Crippen LogP contribution in [0.15, 0.2) is 6.33 Å². The van der Waals surface area contributed by atoms with Crippen LogP contribution >= 0.6 is 0 Å². The molecule has 1 fully saturated rings. The highest BCUT2D eigenvalue weighted by Crippen LogP contribution is 2.13. The molecule has 1 aromatic rings. The van der Waals surface area contributed by atoms with Crippen LogP contribution in [0.1, 0.15) is 38.6 Å². The number of hydrogen-bond acceptors (Lipinski definition) is 5. The maximum atomic E-state index is 12.4. The highest BCUT2D eigenvalue weighted by atomic mass is 16.2. The number of amides is 1. The van der Waals surface area contributed by atoms with Gasteiger partial charge < -0.3 is 19.3 Å². The lowest BCUT2D eigenvalue weighted by Crippen LogP contribution is -2.37. The van der Waals surface area contributed by atoms with Crippen LogP contribution in [0.4, 0.5) is 0 Å². The van der Waals surface area contributed by atoms with E-state index in [4.69, 9.17) is 0 Å². The first-order chi connectivity index (χ1) is 10.9. The van der Waals surface area contributed by atoms with Crippen LogP contribution in [0.3, 0.4) is 0 Å². The molecule has 1 unspecified atom stereocenters. The number of aromatic nitrogens is 3. The molecular weight excluding hydrogens is 292 g/mol. The van der Waals surface area contributed by atoms with Crippen molar-refractivity contribution in [2.75, 3.05) is 40.8 Å². The molecule has 1 amide bonds. The molecule has 2 rings (SSSR count). The van der Waals surface area contributed by atoms with E-state index in [-0.39, 0.29) is 5.91 Å². The average molecular weight is 322 g/mol. The average Bonchev–Trinajstić information content (AvgIpc) is 3.13. The van der Waals surface area contributed by atoms with E-state index in [1.165, 1.54) is 6.42 Å². The predicted molar refractivity (Wildman–Crippen MR) is 90.0 cm³/mol. The second-order valence-corrected chi connectivity index (χ2v) is 6.93. The lowest BCUT2D eigenvalue weighted by atomic mass is 10.2. The minimum absolute atomic E-state index is 0.154. The van der Waals surface area contributed by atoms with Crippen LogP contribution in [0.25, 0.3) is 0 Å². The molecule has 1 aliphatic rings. The van der Waals surface area contributed by atoms with E-state index in [2.05, 4.69) is 47.9 Å². The summed E-state index contributed by atoms with van der Waals surface area (Å²) in [5.41, 5.74) is 0. The van der Waals surface area contributed by atoms with Gasteiger partial charge in [0, 0.05) is 38.6 Å². The predicted octanol–water partition coefficient (Wildman–Crippen LogP) is 0.843. The highest BCUT2D eigenvalue weighted by molar-refractivity contribution is 5.75. The second kappa shape index (κ2) is 7.88. The number of rotatable bonds is 7. The summed E-state index contributed by atoms with van der Waals surface area (Å²) >= 11 is 0. The van der Waals surface area contributed by atoms with Crippen molar-refractivity contribution >= 4 is 5.91 Å². The third-order valence-electron chi connectivity index (χ3n) is 4.68. The molecule has 23 heavy (non-hydrogen) atoms. The number of nitrogens with zero attached hydrogens (tertiary/aromatic N) is 6. The van der Waals surface area contributed by atoms with Crippen molar-refractivity contribution in [2.45, 2.75) is 45.3 Å². The van der Waals surface area contributed by atoms with Crippen molar-refractivity contribution < 1.29 is 4.79 Å². The van der Waals surface area contributed by atoms with Gasteiger partial charge in [0.15, 0.2) is 5.82 Å². The Hall–Kier alpha value is -1.47. The normalized spacial score (nSPS) is 19.0. The SMILES string of the molecule is CC(C)n1cnnc1CN(C)C(=O)CCN(C)C1CCN(C)C1. The van der Waals surface area contributed by atoms with E-state index in [1.54, 1.807) is 11.2 Å². The molecule has 0 spiro atoms. The van der Waals surface area contributed by atoms with Gasteiger partial charge in [-0.3, -0.25) is 4.79 Å². The fourth-order valence-electron chi connectivity index (χ4n) is 3.03. The minimum Gasteiger partial charge on any atom is -0.338 e. The molecule has 0 bridgehead atoms. The molecule has 1 aromatic heterocycles. The van der Waals surface area contributed by atoms with Crippen LogP contribution in [0.5, 0.6) is 0 Å². The number of hydrogen-bond donors (Lipinski definition) is 0. The van der Waals surface area contributed by atoms with Crippen molar-refractivity contribution in [3.8, 4) is 0 Å². The second-order valence-electron chi connectivity index (χ2n) is 6.93. The van der Waals surface area contributed by atoms with Gasteiger partial charge in [0.1, 0.15) is 6.33 Å². The monoisotopic (exact) mass is 322 g/mol. The number of carbonyl (C=O) groups excluding carboxylic acids is 1. The fourth-order valence-corrected chi connectivity index (χ4v) is 3.03. The largest absolute Gasteiger partial charge is 0.338 e. The minimum atomic E-state index is 0.154. The first-order valence-electron chi connectivity index (χ1n) is 8.39. The molecule has 1 aliphatic heterocycles. The molecule has 0 N–H and O–H groups in total. The summed E-state index contributed by atoms with van der Waals surface area (Å²) in [6.45, 7) is 7.72. The molecule has 1 atom stereocenters. The summed E-state index contributed by atoms with van der Waals surface area (Å²) in [5, 5.41) is 8.08. The Bertz CT molecular complexity index is 514. The fraction of sp³-hybridized carbons (Fsp3) is 0.812. The molecule has 0 aliphatic carbocycles. The number of carbonyl (C=O) groups is 1. The summed E-state index contributed by atoms with van der Waals surface area (Å²) < 4.78 is 2.00. The van der Waals surface area contributed by atoms with Gasteiger partial charge in [0.05, 0.1) is 6.54 Å². The zero-order valence-corrected chi connectivity index (χ0v) is 15.1. The van der Waals surface area contributed by atoms with Crippen molar-refractivity contribution in [3.05, 3.63) is 12.2 Å². The van der Waals surface area contributed by atoms with Crippen LogP contribution < -0.4 is 0 Å². The third kappa shape index (κ3) is 4.75. The van der Waals surface area contributed by atoms with Crippen molar-refractivity contribution in [1.82, 2.24) is 29.5 Å². The first kappa shape index (κ1) is 17.9. The van der Waals surface area contributed by atoms with Gasteiger partial charge in [-0.2, -0.15) is 0 Å². The Morgan fingerprint density at radius 3 is 2.78 bits per heavy atom. The van der Waals surface area contributed by atoms with E-state index in [0.717, 1.165) is 25.5 Å². The van der Waals surface area contributed by atoms with Crippen LogP contribution in [0.2, 0.25) is 0 Å². The van der Waals surface area contributed by atoms with Gasteiger partial charge in [-0.15, -0.1) is 10.2 Å². The molecular formula is C16H30N6O. The molecule has 0 aromatic carbocycles. The smallest absolute Gasteiger partial charge is 0.224 e. The maximum Gasteiger partial charge on any atom is 0.224 e. The van der Waals surface area contributed by atoms with Gasteiger partial charge in [0.25, 0.3) is 0 Å². The van der Waals surface area contributed by atoms with Crippen LogP contribution in [-0.4, -0.2) is 82.2 Å². The van der Waals surface area contributed by atoms with E-state index >= 15 is 0 Å². The molecule has 7 nitrogen and oxygen atoms in total. The Balaban J connectivity index is 1.79. The van der Waals surface area contributed by atoms with Gasteiger partial charge in [0.2, 0.25) is 5.91 Å². The van der Waals surface area contributed by atoms with Crippen LogP contribution in [0, 0.1) is 0 Å². The van der Waals surface area contributed by atoms with Crippen molar-refractivity contribution in [2.24, 2.45) is 0 Å². The standard InChI is InChI=1S/C16H30N6O/c1-13(2)22-12-17-18-15(22)11-21(5)16(23)7-9-20(4)14-6-8-19(3)10-14/h12-14H,6-11H2,1-5H3. The topological polar surface area (TPSA) is 57.5 Å². The summed E-state index contributed by atoms with van der Waals surface area (Å²) in [6, 6.07) is 0.871. The Morgan fingerprint density at radius 2 is 2.17 bits per heavy atom. The number of likely N-dealkylation sites (tertiary alicyclic amines) is 1. The maximum absolute atomic E-state index is 12.4. The molecule has 0 radical (unpaired) electrons. The Labute approximate surface area is 139 Å². The summed E-state index contributed by atoms with van der Waals surface area (Å²) in [6.07, 6.45) is 3.46. The lowest BCUT2D eigenvalue weighted by molar-refractivity contribution is -0.130. The number of likely N-dealkylation sites (N-methyl/N-ethyl adjacent to an activating group) is 2. The first-order valence-corrected chi connectivity index (χ1v) is 8.39. The van der Waals surface area contributed by atoms with Crippen molar-refractivity contribution in [3.63, 3.8) is 0 Å². The lowest BCUT2D eigenvalue weighted by Gasteiger charge is -2.25. The van der Waals surface area contributed by atoms with Gasteiger partial charge in [-0.1, -0.05) is 0 Å². The highest BCUT2D eigenvalue weighted by Gasteiger charge is 2.24. The molecule has 7 heteroatoms. The molecule has 130 valence electrons. The van der Waals surface area contributed by atoms with E-state index < -0.39 is 0 Å². The Kier molecular flexibility index (Phi) is 6.12. The molecule has 0 saturated carbocycles. The zero-order chi connectivity index (χ0) is 17.0. The van der Waals surface area contributed by atoms with Gasteiger partial charge >= 0.3 is 0 Å². The third-order valence-corrected chi connectivity index (χ3v) is 4.68. The molecule has 1 saturated heterocycles. The van der Waals surface area contributed by atoms with Gasteiger partial charge in [-0.05, 0) is 40.9 Å².